The van der Waals surface area contributed by atoms with E-state index in [1.807, 2.05) is 25.1 Å². The molecule has 0 N–H and O–H groups in total. The highest BCUT2D eigenvalue weighted by atomic mass is 32.2. The van der Waals surface area contributed by atoms with Crippen LogP contribution in [0.15, 0.2) is 83.8 Å². The van der Waals surface area contributed by atoms with Crippen molar-refractivity contribution in [3.63, 3.8) is 0 Å². The summed E-state index contributed by atoms with van der Waals surface area (Å²) in [6.07, 6.45) is 4.04. The van der Waals surface area contributed by atoms with Gasteiger partial charge in [-0.05, 0) is 67.3 Å². The highest BCUT2D eigenvalue weighted by molar-refractivity contribution is 7.89. The molecule has 0 atom stereocenters. The first-order chi connectivity index (χ1) is 14.5. The lowest BCUT2D eigenvalue weighted by Gasteiger charge is -2.31. The van der Waals surface area contributed by atoms with Crippen LogP contribution in [0.25, 0.3) is 11.1 Å². The van der Waals surface area contributed by atoms with Crippen molar-refractivity contribution in [2.24, 2.45) is 5.92 Å². The molecule has 4 rings (SSSR count). The largest absolute Gasteiger partial charge is 0.243 e. The van der Waals surface area contributed by atoms with Gasteiger partial charge >= 0.3 is 0 Å². The van der Waals surface area contributed by atoms with Crippen molar-refractivity contribution < 1.29 is 8.42 Å². The minimum absolute atomic E-state index is 0.407. The number of hydrogen-bond donors (Lipinski definition) is 0. The van der Waals surface area contributed by atoms with Gasteiger partial charge in [0, 0.05) is 13.1 Å². The molecule has 0 radical (unpaired) electrons. The fraction of sp³-hybridized carbons (Fsp3) is 0.308. The predicted molar refractivity (Wildman–Crippen MR) is 123 cm³/mol. The van der Waals surface area contributed by atoms with Gasteiger partial charge < -0.3 is 0 Å². The van der Waals surface area contributed by atoms with E-state index in [1.54, 1.807) is 16.4 Å². The summed E-state index contributed by atoms with van der Waals surface area (Å²) in [5.74, 6) is 0.586. The van der Waals surface area contributed by atoms with Gasteiger partial charge in [-0.2, -0.15) is 4.31 Å². The number of hydrogen-bond acceptors (Lipinski definition) is 2. The van der Waals surface area contributed by atoms with E-state index in [9.17, 15) is 8.42 Å². The van der Waals surface area contributed by atoms with Crippen LogP contribution in [0.1, 0.15) is 30.4 Å². The summed E-state index contributed by atoms with van der Waals surface area (Å²) in [6, 6.07) is 26.4. The molecule has 0 unspecified atom stereocenters. The standard InChI is InChI=1S/C26H29NO2S/c1-21-7-15-26(16-8-21)30(28,29)27-19-17-23(18-20-27)10-9-22-11-13-25(14-12-22)24-5-3-2-4-6-24/h2-8,11-16,23H,9-10,17-20H2,1H3. The summed E-state index contributed by atoms with van der Waals surface area (Å²) in [7, 11) is -3.37. The highest BCUT2D eigenvalue weighted by Gasteiger charge is 2.29. The Bertz CT molecular complexity index is 1050. The van der Waals surface area contributed by atoms with Gasteiger partial charge in [0.1, 0.15) is 0 Å². The molecule has 0 spiro atoms. The maximum Gasteiger partial charge on any atom is 0.243 e. The third-order valence-corrected chi connectivity index (χ3v) is 8.05. The smallest absolute Gasteiger partial charge is 0.207 e. The Kier molecular flexibility index (Phi) is 6.35. The molecular formula is C26H29NO2S. The van der Waals surface area contributed by atoms with Crippen LogP contribution in [0.3, 0.4) is 0 Å². The molecule has 3 nitrogen and oxygen atoms in total. The third kappa shape index (κ3) is 4.82. The Morgan fingerprint density at radius 1 is 0.800 bits per heavy atom. The van der Waals surface area contributed by atoms with Crippen molar-refractivity contribution in [2.75, 3.05) is 13.1 Å². The van der Waals surface area contributed by atoms with Gasteiger partial charge in [-0.25, -0.2) is 8.42 Å². The molecule has 0 aromatic heterocycles. The van der Waals surface area contributed by atoms with Crippen molar-refractivity contribution in [1.29, 1.82) is 0 Å². The number of rotatable bonds is 6. The molecule has 3 aromatic rings. The van der Waals surface area contributed by atoms with Crippen molar-refractivity contribution in [2.45, 2.75) is 37.5 Å². The topological polar surface area (TPSA) is 37.4 Å². The van der Waals surface area contributed by atoms with Crippen LogP contribution in [0.2, 0.25) is 0 Å². The lowest BCUT2D eigenvalue weighted by molar-refractivity contribution is 0.263. The maximum atomic E-state index is 12.9. The first kappa shape index (κ1) is 20.8. The Morgan fingerprint density at radius 3 is 2.03 bits per heavy atom. The van der Waals surface area contributed by atoms with Crippen LogP contribution in [0.5, 0.6) is 0 Å². The third-order valence-electron chi connectivity index (χ3n) is 6.13. The van der Waals surface area contributed by atoms with Gasteiger partial charge in [0.15, 0.2) is 0 Å². The minimum Gasteiger partial charge on any atom is -0.207 e. The summed E-state index contributed by atoms with van der Waals surface area (Å²) in [5.41, 5.74) is 4.91. The van der Waals surface area contributed by atoms with E-state index >= 15 is 0 Å². The zero-order valence-corrected chi connectivity index (χ0v) is 18.3. The molecule has 0 aliphatic carbocycles. The first-order valence-corrected chi connectivity index (χ1v) is 12.2. The Balaban J connectivity index is 1.29. The number of aryl methyl sites for hydroxylation is 2. The molecule has 30 heavy (non-hydrogen) atoms. The lowest BCUT2D eigenvalue weighted by Crippen LogP contribution is -2.38. The second-order valence-electron chi connectivity index (χ2n) is 8.26. The maximum absolute atomic E-state index is 12.9. The molecule has 1 saturated heterocycles. The number of piperidine rings is 1. The van der Waals surface area contributed by atoms with Gasteiger partial charge in [-0.1, -0.05) is 72.3 Å². The first-order valence-electron chi connectivity index (χ1n) is 10.7. The number of sulfonamides is 1. The Labute approximate surface area is 180 Å². The molecular weight excluding hydrogens is 390 g/mol. The fourth-order valence-electron chi connectivity index (χ4n) is 4.16. The second kappa shape index (κ2) is 9.15. The zero-order chi connectivity index (χ0) is 21.0. The summed E-state index contributed by atoms with van der Waals surface area (Å²) in [4.78, 5) is 0.407. The predicted octanol–water partition coefficient (Wildman–Crippen LogP) is 5.70. The van der Waals surface area contributed by atoms with Gasteiger partial charge in [0.25, 0.3) is 0 Å². The normalized spacial score (nSPS) is 15.9. The highest BCUT2D eigenvalue weighted by Crippen LogP contribution is 2.27. The quantitative estimate of drug-likeness (QED) is 0.514. The molecule has 3 aromatic carbocycles. The van der Waals surface area contributed by atoms with Crippen molar-refractivity contribution in [1.82, 2.24) is 4.31 Å². The van der Waals surface area contributed by atoms with Crippen LogP contribution in [-0.2, 0) is 16.4 Å². The summed E-state index contributed by atoms with van der Waals surface area (Å²) >= 11 is 0. The average Bonchev–Trinajstić information content (AvgIpc) is 2.79. The molecule has 1 aliphatic heterocycles. The van der Waals surface area contributed by atoms with Crippen LogP contribution < -0.4 is 0 Å². The van der Waals surface area contributed by atoms with E-state index in [0.717, 1.165) is 31.2 Å². The minimum atomic E-state index is -3.37. The summed E-state index contributed by atoms with van der Waals surface area (Å²) < 4.78 is 27.4. The average molecular weight is 420 g/mol. The number of benzene rings is 3. The van der Waals surface area contributed by atoms with Crippen molar-refractivity contribution >= 4 is 10.0 Å². The van der Waals surface area contributed by atoms with Crippen LogP contribution in [-0.4, -0.2) is 25.8 Å². The van der Waals surface area contributed by atoms with Crippen LogP contribution in [0.4, 0.5) is 0 Å². The fourth-order valence-corrected chi connectivity index (χ4v) is 5.63. The molecule has 0 amide bonds. The molecule has 4 heteroatoms. The zero-order valence-electron chi connectivity index (χ0n) is 17.5. The molecule has 0 bridgehead atoms. The van der Waals surface area contributed by atoms with Gasteiger partial charge in [0.05, 0.1) is 4.90 Å². The molecule has 1 heterocycles. The molecule has 156 valence electrons. The van der Waals surface area contributed by atoms with E-state index in [4.69, 9.17) is 0 Å². The van der Waals surface area contributed by atoms with Crippen LogP contribution in [0, 0.1) is 12.8 Å². The van der Waals surface area contributed by atoms with Gasteiger partial charge in [-0.3, -0.25) is 0 Å². The second-order valence-corrected chi connectivity index (χ2v) is 10.2. The van der Waals surface area contributed by atoms with E-state index in [1.165, 1.54) is 16.7 Å². The monoisotopic (exact) mass is 419 g/mol. The lowest BCUT2D eigenvalue weighted by atomic mass is 9.91. The molecule has 0 saturated carbocycles. The van der Waals surface area contributed by atoms with Crippen LogP contribution >= 0.6 is 0 Å². The summed E-state index contributed by atoms with van der Waals surface area (Å²) in [5, 5.41) is 0. The summed E-state index contributed by atoms with van der Waals surface area (Å²) in [6.45, 7) is 3.21. The Morgan fingerprint density at radius 2 is 1.40 bits per heavy atom. The van der Waals surface area contributed by atoms with E-state index in [2.05, 4.69) is 48.5 Å². The SMILES string of the molecule is Cc1ccc(S(=O)(=O)N2CCC(CCc3ccc(-c4ccccc4)cc3)CC2)cc1. The molecule has 1 fully saturated rings. The van der Waals surface area contributed by atoms with Crippen molar-refractivity contribution in [3.8, 4) is 11.1 Å². The molecule has 1 aliphatic rings. The van der Waals surface area contributed by atoms with E-state index in [-0.39, 0.29) is 0 Å². The number of nitrogens with zero attached hydrogens (tertiary/aromatic N) is 1. The van der Waals surface area contributed by atoms with E-state index in [0.29, 0.717) is 23.9 Å². The van der Waals surface area contributed by atoms with Crippen molar-refractivity contribution in [3.05, 3.63) is 90.0 Å². The Hall–Kier alpha value is -2.43. The van der Waals surface area contributed by atoms with E-state index < -0.39 is 10.0 Å². The van der Waals surface area contributed by atoms with Gasteiger partial charge in [-0.15, -0.1) is 0 Å². The van der Waals surface area contributed by atoms with Gasteiger partial charge in [0.2, 0.25) is 10.0 Å².